The Labute approximate surface area is 249 Å². The molecule has 0 heterocycles. The van der Waals surface area contributed by atoms with Crippen molar-refractivity contribution in [3.05, 3.63) is 108 Å². The van der Waals surface area contributed by atoms with E-state index in [1.54, 1.807) is 0 Å². The molecule has 0 aliphatic carbocycles. The number of rotatable bonds is 16. The molecule has 222 valence electrons. The standard InChI is InChI=1S/C33H41N4O4P/c1-23(2)18-29(33(40)36-28(31(35)38)20-25-14-8-4-9-15-25)37-32(39)27(19-24-12-6-3-7-13-24)22-42(41)30(34)21-26-16-10-5-11-17-26/h3-17,23,27-30H,18-22,34H2,1-2H3,(H3-,35,36,37,38,39,40)/p+1/t27-,28-,29-,30+/m0/s1. The maximum Gasteiger partial charge on any atom is 0.358 e. The monoisotopic (exact) mass is 589 g/mol. The van der Waals surface area contributed by atoms with Crippen molar-refractivity contribution in [1.82, 2.24) is 10.6 Å². The van der Waals surface area contributed by atoms with Crippen LogP contribution in [0.1, 0.15) is 37.0 Å². The van der Waals surface area contributed by atoms with Gasteiger partial charge in [-0.15, -0.1) is 0 Å². The van der Waals surface area contributed by atoms with Crippen LogP contribution in [-0.4, -0.2) is 41.8 Å². The average Bonchev–Trinajstić information content (AvgIpc) is 2.97. The van der Waals surface area contributed by atoms with Gasteiger partial charge in [-0.05, 0) is 35.4 Å². The molecule has 3 rings (SSSR count). The zero-order valence-electron chi connectivity index (χ0n) is 24.3. The van der Waals surface area contributed by atoms with Crippen molar-refractivity contribution in [2.24, 2.45) is 23.3 Å². The van der Waals surface area contributed by atoms with Crippen molar-refractivity contribution in [2.75, 3.05) is 6.16 Å². The first kappa shape index (κ1) is 32.6. The average molecular weight is 590 g/mol. The SMILES string of the molecule is CC(C)C[C@H](NC(=O)[C@@H](Cc1ccccc1)C[P+](=O)[C@@H](N)Cc1ccccc1)C(=O)N[C@@H](Cc1ccccc1)C(N)=O. The van der Waals surface area contributed by atoms with Crippen molar-refractivity contribution >= 4 is 25.5 Å². The van der Waals surface area contributed by atoms with Crippen LogP contribution < -0.4 is 22.1 Å². The number of benzene rings is 3. The highest BCUT2D eigenvalue weighted by molar-refractivity contribution is 7.45. The fraction of sp³-hybridized carbons (Fsp3) is 0.364. The molecule has 0 aromatic heterocycles. The van der Waals surface area contributed by atoms with Gasteiger partial charge in [-0.25, -0.2) is 0 Å². The largest absolute Gasteiger partial charge is 0.368 e. The molecule has 0 saturated heterocycles. The molecule has 3 aromatic carbocycles. The lowest BCUT2D eigenvalue weighted by Crippen LogP contribution is -2.55. The van der Waals surface area contributed by atoms with Crippen LogP contribution in [0.4, 0.5) is 0 Å². The summed E-state index contributed by atoms with van der Waals surface area (Å²) >= 11 is 0. The van der Waals surface area contributed by atoms with Gasteiger partial charge in [-0.3, -0.25) is 20.1 Å². The molecule has 9 heteroatoms. The Hall–Kier alpha value is -3.87. The molecule has 0 saturated carbocycles. The fourth-order valence-electron chi connectivity index (χ4n) is 4.79. The molecule has 1 unspecified atom stereocenters. The van der Waals surface area contributed by atoms with Gasteiger partial charge in [0, 0.05) is 12.8 Å². The Morgan fingerprint density at radius 1 is 0.690 bits per heavy atom. The molecule has 8 nitrogen and oxygen atoms in total. The second-order valence-electron chi connectivity index (χ2n) is 11.1. The molecule has 0 aliphatic rings. The highest BCUT2D eigenvalue weighted by Crippen LogP contribution is 2.31. The first-order valence-corrected chi connectivity index (χ1v) is 15.8. The van der Waals surface area contributed by atoms with E-state index >= 15 is 0 Å². The van der Waals surface area contributed by atoms with E-state index in [1.807, 2.05) is 105 Å². The second-order valence-corrected chi connectivity index (χ2v) is 12.9. The van der Waals surface area contributed by atoms with Crippen LogP contribution in [0.15, 0.2) is 91.0 Å². The number of nitrogens with one attached hydrogen (secondary N) is 2. The van der Waals surface area contributed by atoms with Crippen LogP contribution >= 0.6 is 7.80 Å². The van der Waals surface area contributed by atoms with Gasteiger partial charge in [-0.2, -0.15) is 0 Å². The summed E-state index contributed by atoms with van der Waals surface area (Å²) in [6.45, 7) is 3.89. The third kappa shape index (κ3) is 10.8. The van der Waals surface area contributed by atoms with Gasteiger partial charge in [0.15, 0.2) is 6.16 Å². The zero-order chi connectivity index (χ0) is 30.5. The maximum atomic E-state index is 13.7. The van der Waals surface area contributed by atoms with Crippen LogP contribution in [-0.2, 0) is 38.2 Å². The minimum absolute atomic E-state index is 0.0747. The predicted molar refractivity (Wildman–Crippen MR) is 167 cm³/mol. The van der Waals surface area contributed by atoms with Gasteiger partial charge in [0.1, 0.15) is 12.1 Å². The molecule has 5 atom stereocenters. The minimum atomic E-state index is -1.94. The Kier molecular flexibility index (Phi) is 12.9. The highest BCUT2D eigenvalue weighted by atomic mass is 31.1. The number of carbonyl (C=O) groups is 3. The van der Waals surface area contributed by atoms with Gasteiger partial charge in [0.25, 0.3) is 0 Å². The Morgan fingerprint density at radius 3 is 1.62 bits per heavy atom. The van der Waals surface area contributed by atoms with Gasteiger partial charge < -0.3 is 16.4 Å². The van der Waals surface area contributed by atoms with Crippen LogP contribution in [0, 0.1) is 11.8 Å². The summed E-state index contributed by atoms with van der Waals surface area (Å²) in [5.74, 6) is -2.73. The van der Waals surface area contributed by atoms with E-state index in [0.717, 1.165) is 16.7 Å². The summed E-state index contributed by atoms with van der Waals surface area (Å²) in [6, 6.07) is 26.5. The number of carbonyl (C=O) groups excluding carboxylic acids is 3. The van der Waals surface area contributed by atoms with Gasteiger partial charge >= 0.3 is 7.80 Å². The lowest BCUT2D eigenvalue weighted by atomic mass is 9.97. The second kappa shape index (κ2) is 16.5. The number of primary amides is 1. The fourth-order valence-corrected chi connectivity index (χ4v) is 6.20. The maximum absolute atomic E-state index is 13.7. The topological polar surface area (TPSA) is 144 Å². The third-order valence-electron chi connectivity index (χ3n) is 7.04. The lowest BCUT2D eigenvalue weighted by Gasteiger charge is -2.25. The van der Waals surface area contributed by atoms with Gasteiger partial charge in [0.2, 0.25) is 23.5 Å². The molecule has 0 spiro atoms. The summed E-state index contributed by atoms with van der Waals surface area (Å²) in [6.07, 6.45) is 1.45. The van der Waals surface area contributed by atoms with Crippen molar-refractivity contribution in [2.45, 2.75) is 57.4 Å². The molecular weight excluding hydrogens is 547 g/mol. The number of nitrogens with two attached hydrogens (primary N) is 2. The van der Waals surface area contributed by atoms with Crippen molar-refractivity contribution in [3.8, 4) is 0 Å². The summed E-state index contributed by atoms with van der Waals surface area (Å²) in [4.78, 5) is 39.4. The summed E-state index contributed by atoms with van der Waals surface area (Å²) in [7, 11) is -1.94. The summed E-state index contributed by atoms with van der Waals surface area (Å²) in [5.41, 5.74) is 14.7. The molecule has 0 radical (unpaired) electrons. The summed E-state index contributed by atoms with van der Waals surface area (Å²) in [5, 5.41) is 5.64. The van der Waals surface area contributed by atoms with Gasteiger partial charge in [-0.1, -0.05) is 109 Å². The van der Waals surface area contributed by atoms with E-state index in [0.29, 0.717) is 19.3 Å². The number of hydrogen-bond acceptors (Lipinski definition) is 5. The Morgan fingerprint density at radius 2 is 1.14 bits per heavy atom. The Balaban J connectivity index is 1.75. The first-order chi connectivity index (χ1) is 20.1. The molecule has 0 aliphatic heterocycles. The third-order valence-corrected chi connectivity index (χ3v) is 8.76. The minimum Gasteiger partial charge on any atom is -0.368 e. The molecule has 42 heavy (non-hydrogen) atoms. The van der Waals surface area contributed by atoms with E-state index in [1.165, 1.54) is 0 Å². The zero-order valence-corrected chi connectivity index (χ0v) is 25.2. The van der Waals surface area contributed by atoms with Crippen molar-refractivity contribution < 1.29 is 18.9 Å². The van der Waals surface area contributed by atoms with E-state index in [4.69, 9.17) is 11.5 Å². The van der Waals surface area contributed by atoms with Crippen molar-refractivity contribution in [1.29, 1.82) is 0 Å². The Bertz CT molecular complexity index is 1310. The van der Waals surface area contributed by atoms with Crippen LogP contribution in [0.5, 0.6) is 0 Å². The normalized spacial score (nSPS) is 14.3. The molecule has 0 bridgehead atoms. The molecule has 3 amide bonds. The first-order valence-electron chi connectivity index (χ1n) is 14.3. The van der Waals surface area contributed by atoms with E-state index in [-0.39, 0.29) is 24.4 Å². The van der Waals surface area contributed by atoms with Crippen LogP contribution in [0.3, 0.4) is 0 Å². The van der Waals surface area contributed by atoms with E-state index < -0.39 is 43.4 Å². The molecule has 0 fully saturated rings. The molecule has 3 aromatic rings. The van der Waals surface area contributed by atoms with Crippen molar-refractivity contribution in [3.63, 3.8) is 0 Å². The van der Waals surface area contributed by atoms with Gasteiger partial charge in [0.05, 0.1) is 5.92 Å². The molecular formula is C33H42N4O4P+. The highest BCUT2D eigenvalue weighted by Gasteiger charge is 2.36. The smallest absolute Gasteiger partial charge is 0.358 e. The van der Waals surface area contributed by atoms with Crippen LogP contribution in [0.2, 0.25) is 0 Å². The summed E-state index contributed by atoms with van der Waals surface area (Å²) < 4.78 is 13.4. The van der Waals surface area contributed by atoms with E-state index in [9.17, 15) is 18.9 Å². The predicted octanol–water partition coefficient (Wildman–Crippen LogP) is 3.94. The van der Waals surface area contributed by atoms with Crippen LogP contribution in [0.25, 0.3) is 0 Å². The van der Waals surface area contributed by atoms with E-state index in [2.05, 4.69) is 10.6 Å². The lowest BCUT2D eigenvalue weighted by molar-refractivity contribution is -0.132. The quantitative estimate of drug-likeness (QED) is 0.187. The molecule has 6 N–H and O–H groups in total. The number of amides is 3. The number of hydrogen-bond donors (Lipinski definition) is 4.